The van der Waals surface area contributed by atoms with Crippen molar-refractivity contribution >= 4 is 17.6 Å². The Kier molecular flexibility index (Phi) is 6.94. The Morgan fingerprint density at radius 2 is 1.97 bits per heavy atom. The smallest absolute Gasteiger partial charge is 0.246 e. The highest BCUT2D eigenvalue weighted by Crippen LogP contribution is 2.27. The third kappa shape index (κ3) is 5.40. The number of carbonyl (C=O) groups excluding carboxylic acids is 1. The first kappa shape index (κ1) is 20.5. The number of nitrogens with one attached hydrogen (secondary N) is 2. The van der Waals surface area contributed by atoms with Gasteiger partial charge in [0.25, 0.3) is 0 Å². The summed E-state index contributed by atoms with van der Waals surface area (Å²) in [6, 6.07) is 15.5. The molecule has 0 aliphatic carbocycles. The van der Waals surface area contributed by atoms with Crippen molar-refractivity contribution in [3.05, 3.63) is 54.1 Å². The lowest BCUT2D eigenvalue weighted by Gasteiger charge is -2.20. The van der Waals surface area contributed by atoms with Crippen LogP contribution in [0.4, 0.5) is 5.69 Å². The quantitative estimate of drug-likeness (QED) is 0.554. The van der Waals surface area contributed by atoms with Gasteiger partial charge in [0, 0.05) is 25.3 Å². The largest absolute Gasteiger partial charge is 0.497 e. The average Bonchev–Trinajstić information content (AvgIpc) is 3.18. The van der Waals surface area contributed by atoms with Crippen LogP contribution in [0.3, 0.4) is 0 Å². The SMILES string of the molecule is CN=C(NCC(=O)N1CCc2ccccc21)NCC(C)Oc1cccc(OC)c1. The summed E-state index contributed by atoms with van der Waals surface area (Å²) in [7, 11) is 3.31. The minimum absolute atomic E-state index is 0.0265. The van der Waals surface area contributed by atoms with Crippen molar-refractivity contribution < 1.29 is 14.3 Å². The van der Waals surface area contributed by atoms with Crippen LogP contribution in [0.2, 0.25) is 0 Å². The van der Waals surface area contributed by atoms with Gasteiger partial charge in [-0.25, -0.2) is 0 Å². The highest BCUT2D eigenvalue weighted by molar-refractivity contribution is 5.98. The molecule has 7 heteroatoms. The summed E-state index contributed by atoms with van der Waals surface area (Å²) in [6.45, 7) is 3.40. The van der Waals surface area contributed by atoms with Crippen molar-refractivity contribution in [1.29, 1.82) is 0 Å². The molecule has 0 saturated heterocycles. The van der Waals surface area contributed by atoms with E-state index in [0.29, 0.717) is 12.5 Å². The molecule has 2 N–H and O–H groups in total. The van der Waals surface area contributed by atoms with Gasteiger partial charge in [-0.15, -0.1) is 0 Å². The van der Waals surface area contributed by atoms with Crippen LogP contribution in [-0.2, 0) is 11.2 Å². The zero-order valence-electron chi connectivity index (χ0n) is 17.1. The molecular weight excluding hydrogens is 368 g/mol. The lowest BCUT2D eigenvalue weighted by Crippen LogP contribution is -2.46. The van der Waals surface area contributed by atoms with Gasteiger partial charge < -0.3 is 25.0 Å². The Balaban J connectivity index is 1.45. The van der Waals surface area contributed by atoms with Crippen LogP contribution in [0.25, 0.3) is 0 Å². The molecule has 1 aliphatic heterocycles. The second-order valence-corrected chi connectivity index (χ2v) is 6.84. The van der Waals surface area contributed by atoms with Gasteiger partial charge in [-0.1, -0.05) is 24.3 Å². The maximum Gasteiger partial charge on any atom is 0.246 e. The molecule has 1 heterocycles. The number of fused-ring (bicyclic) bond motifs is 1. The van der Waals surface area contributed by atoms with E-state index in [-0.39, 0.29) is 18.6 Å². The molecule has 0 spiro atoms. The highest BCUT2D eigenvalue weighted by Gasteiger charge is 2.23. The molecule has 29 heavy (non-hydrogen) atoms. The Morgan fingerprint density at radius 3 is 2.76 bits per heavy atom. The number of methoxy groups -OCH3 is 1. The van der Waals surface area contributed by atoms with Crippen LogP contribution in [-0.4, -0.2) is 51.8 Å². The van der Waals surface area contributed by atoms with Crippen LogP contribution < -0.4 is 25.0 Å². The van der Waals surface area contributed by atoms with E-state index in [1.54, 1.807) is 14.2 Å². The predicted octanol–water partition coefficient (Wildman–Crippen LogP) is 2.22. The zero-order valence-corrected chi connectivity index (χ0v) is 17.1. The topological polar surface area (TPSA) is 75.2 Å². The van der Waals surface area contributed by atoms with E-state index >= 15 is 0 Å². The molecule has 1 aliphatic rings. The molecule has 2 aromatic carbocycles. The molecule has 1 atom stereocenters. The number of nitrogens with zero attached hydrogens (tertiary/aromatic N) is 2. The van der Waals surface area contributed by atoms with E-state index in [9.17, 15) is 4.79 Å². The van der Waals surface area contributed by atoms with Crippen LogP contribution in [0, 0.1) is 0 Å². The monoisotopic (exact) mass is 396 g/mol. The highest BCUT2D eigenvalue weighted by atomic mass is 16.5. The summed E-state index contributed by atoms with van der Waals surface area (Å²) in [4.78, 5) is 18.6. The fraction of sp³-hybridized carbons (Fsp3) is 0.364. The molecule has 0 aromatic heterocycles. The Morgan fingerprint density at radius 1 is 1.17 bits per heavy atom. The summed E-state index contributed by atoms with van der Waals surface area (Å²) < 4.78 is 11.1. The Bertz CT molecular complexity index is 869. The molecule has 1 unspecified atom stereocenters. The fourth-order valence-corrected chi connectivity index (χ4v) is 3.26. The van der Waals surface area contributed by atoms with E-state index in [0.717, 1.165) is 30.2 Å². The number of hydrogen-bond donors (Lipinski definition) is 2. The Labute approximate surface area is 171 Å². The molecule has 0 bridgehead atoms. The van der Waals surface area contributed by atoms with Crippen LogP contribution in [0.15, 0.2) is 53.5 Å². The lowest BCUT2D eigenvalue weighted by atomic mass is 10.2. The van der Waals surface area contributed by atoms with Gasteiger partial charge in [-0.05, 0) is 37.1 Å². The third-order valence-corrected chi connectivity index (χ3v) is 4.75. The van der Waals surface area contributed by atoms with E-state index < -0.39 is 0 Å². The second-order valence-electron chi connectivity index (χ2n) is 6.84. The molecule has 2 aromatic rings. The first-order chi connectivity index (χ1) is 14.1. The van der Waals surface area contributed by atoms with Gasteiger partial charge in [-0.3, -0.25) is 9.79 Å². The molecule has 0 saturated carbocycles. The van der Waals surface area contributed by atoms with Crippen molar-refractivity contribution in [2.24, 2.45) is 4.99 Å². The summed E-state index contributed by atoms with van der Waals surface area (Å²) in [6.07, 6.45) is 0.801. The van der Waals surface area contributed by atoms with E-state index in [4.69, 9.17) is 9.47 Å². The van der Waals surface area contributed by atoms with Gasteiger partial charge >= 0.3 is 0 Å². The van der Waals surface area contributed by atoms with Crippen molar-refractivity contribution in [3.63, 3.8) is 0 Å². The zero-order chi connectivity index (χ0) is 20.6. The first-order valence-corrected chi connectivity index (χ1v) is 9.74. The molecule has 7 nitrogen and oxygen atoms in total. The number of anilines is 1. The van der Waals surface area contributed by atoms with Crippen molar-refractivity contribution in [2.75, 3.05) is 38.7 Å². The van der Waals surface area contributed by atoms with Crippen LogP contribution >= 0.6 is 0 Å². The average molecular weight is 396 g/mol. The summed E-state index contributed by atoms with van der Waals surface area (Å²) in [5, 5.41) is 6.28. The molecule has 0 fully saturated rings. The molecule has 3 rings (SSSR count). The van der Waals surface area contributed by atoms with Gasteiger partial charge in [0.15, 0.2) is 5.96 Å². The van der Waals surface area contributed by atoms with Crippen molar-refractivity contribution in [2.45, 2.75) is 19.4 Å². The molecular formula is C22H28N4O3. The first-order valence-electron chi connectivity index (χ1n) is 9.74. The summed E-state index contributed by atoms with van der Waals surface area (Å²) >= 11 is 0. The summed E-state index contributed by atoms with van der Waals surface area (Å²) in [5.74, 6) is 2.08. The number of benzene rings is 2. The minimum Gasteiger partial charge on any atom is -0.497 e. The standard InChI is InChI=1S/C22H28N4O3/c1-16(29-19-9-6-8-18(13-19)28-3)14-24-22(23-2)25-15-21(27)26-12-11-17-7-4-5-10-20(17)26/h4-10,13,16H,11-12,14-15H2,1-3H3,(H2,23,24,25). The molecule has 154 valence electrons. The van der Waals surface area contributed by atoms with Crippen molar-refractivity contribution in [1.82, 2.24) is 10.6 Å². The van der Waals surface area contributed by atoms with Gasteiger partial charge in [-0.2, -0.15) is 0 Å². The number of hydrogen-bond acceptors (Lipinski definition) is 4. The molecule has 0 radical (unpaired) electrons. The second kappa shape index (κ2) is 9.82. The number of carbonyl (C=O) groups is 1. The van der Waals surface area contributed by atoms with E-state index in [1.807, 2.05) is 54.3 Å². The predicted molar refractivity (Wildman–Crippen MR) is 115 cm³/mol. The number of amides is 1. The minimum atomic E-state index is -0.0955. The van der Waals surface area contributed by atoms with Crippen molar-refractivity contribution in [3.8, 4) is 11.5 Å². The maximum absolute atomic E-state index is 12.6. The fourth-order valence-electron chi connectivity index (χ4n) is 3.26. The third-order valence-electron chi connectivity index (χ3n) is 4.75. The Hall–Kier alpha value is -3.22. The van der Waals surface area contributed by atoms with E-state index in [1.165, 1.54) is 5.56 Å². The summed E-state index contributed by atoms with van der Waals surface area (Å²) in [5.41, 5.74) is 2.22. The number of guanidine groups is 1. The number of aliphatic imine (C=N–C) groups is 1. The van der Waals surface area contributed by atoms with Crippen LogP contribution in [0.5, 0.6) is 11.5 Å². The molecule has 1 amide bonds. The lowest BCUT2D eigenvalue weighted by molar-refractivity contribution is -0.117. The number of ether oxygens (including phenoxy) is 2. The number of rotatable bonds is 7. The van der Waals surface area contributed by atoms with E-state index in [2.05, 4.69) is 21.7 Å². The maximum atomic E-state index is 12.6. The number of para-hydroxylation sites is 1. The van der Waals surface area contributed by atoms with Gasteiger partial charge in [0.1, 0.15) is 17.6 Å². The van der Waals surface area contributed by atoms with Crippen LogP contribution in [0.1, 0.15) is 12.5 Å². The van der Waals surface area contributed by atoms with Gasteiger partial charge in [0.05, 0.1) is 20.2 Å². The van der Waals surface area contributed by atoms with Gasteiger partial charge in [0.2, 0.25) is 5.91 Å². The normalized spacial score (nSPS) is 14.2.